The third-order valence-electron chi connectivity index (χ3n) is 2.53. The van der Waals surface area contributed by atoms with E-state index in [9.17, 15) is 4.79 Å². The summed E-state index contributed by atoms with van der Waals surface area (Å²) in [6, 6.07) is 5.21. The summed E-state index contributed by atoms with van der Waals surface area (Å²) in [4.78, 5) is 15.2. The van der Waals surface area contributed by atoms with Crippen LogP contribution in [0.5, 0.6) is 11.5 Å². The van der Waals surface area contributed by atoms with Gasteiger partial charge < -0.3 is 15.2 Å². The van der Waals surface area contributed by atoms with E-state index in [1.54, 1.807) is 18.2 Å². The molecule has 0 saturated heterocycles. The van der Waals surface area contributed by atoms with E-state index < -0.39 is 5.91 Å². The fourth-order valence-corrected chi connectivity index (χ4v) is 1.81. The minimum absolute atomic E-state index is 0.225. The van der Waals surface area contributed by atoms with Crippen molar-refractivity contribution in [3.8, 4) is 11.5 Å². The second-order valence-corrected chi connectivity index (χ2v) is 3.52. The molecular weight excluding hydrogens is 220 g/mol. The molecule has 84 valence electrons. The largest absolute Gasteiger partial charge is 0.458 e. The second-order valence-electron chi connectivity index (χ2n) is 3.52. The van der Waals surface area contributed by atoms with Gasteiger partial charge in [-0.25, -0.2) is 0 Å². The number of carbonyl (C=O) groups excluding carboxylic acids is 1. The molecule has 5 heteroatoms. The van der Waals surface area contributed by atoms with Gasteiger partial charge in [0.2, 0.25) is 0 Å². The molecular formula is C12H8N2O3. The highest BCUT2D eigenvalue weighted by Crippen LogP contribution is 2.38. The molecule has 0 fully saturated rings. The molecule has 0 unspecified atom stereocenters. The lowest BCUT2D eigenvalue weighted by molar-refractivity contribution is 0.0997. The quantitative estimate of drug-likeness (QED) is 0.804. The normalized spacial score (nSPS) is 12.7. The zero-order valence-corrected chi connectivity index (χ0v) is 8.71. The van der Waals surface area contributed by atoms with Gasteiger partial charge in [0.15, 0.2) is 11.5 Å². The van der Waals surface area contributed by atoms with E-state index in [-0.39, 0.29) is 5.69 Å². The molecule has 1 amide bonds. The molecule has 2 heterocycles. The first kappa shape index (κ1) is 9.65. The maximum absolute atomic E-state index is 11.3. The highest BCUT2D eigenvalue weighted by Gasteiger charge is 2.16. The van der Waals surface area contributed by atoms with Gasteiger partial charge in [-0.2, -0.15) is 0 Å². The van der Waals surface area contributed by atoms with Crippen molar-refractivity contribution < 1.29 is 14.3 Å². The molecule has 2 N–H and O–H groups in total. The number of amides is 1. The summed E-state index contributed by atoms with van der Waals surface area (Å²) in [7, 11) is 0. The minimum atomic E-state index is -0.567. The Morgan fingerprint density at radius 2 is 1.94 bits per heavy atom. The van der Waals surface area contributed by atoms with E-state index in [0.29, 0.717) is 16.9 Å². The first-order chi connectivity index (χ1) is 8.27. The van der Waals surface area contributed by atoms with Crippen molar-refractivity contribution >= 4 is 16.7 Å². The van der Waals surface area contributed by atoms with Crippen LogP contribution in [0.25, 0.3) is 10.8 Å². The number of hydrogen-bond acceptors (Lipinski definition) is 4. The number of primary amides is 1. The predicted octanol–water partition coefficient (Wildman–Crippen LogP) is 1.58. The van der Waals surface area contributed by atoms with E-state index >= 15 is 0 Å². The van der Waals surface area contributed by atoms with Gasteiger partial charge in [-0.15, -0.1) is 0 Å². The van der Waals surface area contributed by atoms with Crippen molar-refractivity contribution in [1.82, 2.24) is 4.98 Å². The number of carbonyl (C=O) groups is 1. The van der Waals surface area contributed by atoms with Gasteiger partial charge in [-0.05, 0) is 18.2 Å². The van der Waals surface area contributed by atoms with Crippen LogP contribution in [0, 0.1) is 0 Å². The van der Waals surface area contributed by atoms with Crippen molar-refractivity contribution in [2.45, 2.75) is 0 Å². The maximum atomic E-state index is 11.3. The van der Waals surface area contributed by atoms with Gasteiger partial charge in [-0.3, -0.25) is 9.78 Å². The first-order valence-corrected chi connectivity index (χ1v) is 4.97. The van der Waals surface area contributed by atoms with Crippen molar-refractivity contribution in [1.29, 1.82) is 0 Å². The average Bonchev–Trinajstić information content (AvgIpc) is 2.37. The van der Waals surface area contributed by atoms with Gasteiger partial charge in [-0.1, -0.05) is 0 Å². The Hall–Kier alpha value is -2.56. The molecule has 3 rings (SSSR count). The standard InChI is InChI=1S/C12H8N2O3/c13-12(15)10-7-1-2-9-11(17-6-5-16-9)8(7)3-4-14-10/h1-6H,(H2,13,15). The van der Waals surface area contributed by atoms with Crippen LogP contribution < -0.4 is 15.2 Å². The van der Waals surface area contributed by atoms with Gasteiger partial charge in [0.05, 0.1) is 0 Å². The van der Waals surface area contributed by atoms with Gasteiger partial charge >= 0.3 is 0 Å². The zero-order chi connectivity index (χ0) is 11.8. The molecule has 0 spiro atoms. The summed E-state index contributed by atoms with van der Waals surface area (Å²) < 4.78 is 10.7. The lowest BCUT2D eigenvalue weighted by atomic mass is 10.1. The number of ether oxygens (including phenoxy) is 2. The average molecular weight is 228 g/mol. The Morgan fingerprint density at radius 1 is 1.12 bits per heavy atom. The molecule has 0 radical (unpaired) electrons. The topological polar surface area (TPSA) is 74.4 Å². The van der Waals surface area contributed by atoms with Gasteiger partial charge in [0.1, 0.15) is 18.2 Å². The van der Waals surface area contributed by atoms with E-state index in [1.165, 1.54) is 18.7 Å². The third kappa shape index (κ3) is 1.40. The maximum Gasteiger partial charge on any atom is 0.267 e. The van der Waals surface area contributed by atoms with Gasteiger partial charge in [0.25, 0.3) is 5.91 Å². The number of aromatic nitrogens is 1. The van der Waals surface area contributed by atoms with Crippen molar-refractivity contribution in [2.24, 2.45) is 5.73 Å². The molecule has 0 saturated carbocycles. The van der Waals surface area contributed by atoms with Crippen LogP contribution in [0.2, 0.25) is 0 Å². The monoisotopic (exact) mass is 228 g/mol. The van der Waals surface area contributed by atoms with Crippen LogP contribution in [-0.4, -0.2) is 10.9 Å². The Kier molecular flexibility index (Phi) is 1.98. The van der Waals surface area contributed by atoms with Crippen LogP contribution in [0.3, 0.4) is 0 Å². The lowest BCUT2D eigenvalue weighted by Crippen LogP contribution is -2.13. The van der Waals surface area contributed by atoms with Crippen LogP contribution in [0.15, 0.2) is 36.9 Å². The smallest absolute Gasteiger partial charge is 0.267 e. The summed E-state index contributed by atoms with van der Waals surface area (Å²) >= 11 is 0. The fourth-order valence-electron chi connectivity index (χ4n) is 1.81. The summed E-state index contributed by atoms with van der Waals surface area (Å²) in [5.41, 5.74) is 5.49. The minimum Gasteiger partial charge on any atom is -0.458 e. The molecule has 1 aliphatic rings. The molecule has 1 aromatic heterocycles. The summed E-state index contributed by atoms with van der Waals surface area (Å²) in [6.07, 6.45) is 4.40. The van der Waals surface area contributed by atoms with Crippen LogP contribution in [-0.2, 0) is 0 Å². The predicted molar refractivity (Wildman–Crippen MR) is 60.7 cm³/mol. The number of pyridine rings is 1. The number of benzene rings is 1. The SMILES string of the molecule is NC(=O)c1nccc2c3c(ccc12)OC=CO3. The number of fused-ring (bicyclic) bond motifs is 3. The summed E-state index contributed by atoms with van der Waals surface area (Å²) in [6.45, 7) is 0. The molecule has 5 nitrogen and oxygen atoms in total. The molecule has 1 aliphatic heterocycles. The number of rotatable bonds is 1. The Morgan fingerprint density at radius 3 is 2.76 bits per heavy atom. The van der Waals surface area contributed by atoms with Crippen molar-refractivity contribution in [3.05, 3.63) is 42.6 Å². The van der Waals surface area contributed by atoms with Crippen LogP contribution in [0.1, 0.15) is 10.5 Å². The summed E-state index contributed by atoms with van der Waals surface area (Å²) in [5, 5.41) is 1.40. The zero-order valence-electron chi connectivity index (χ0n) is 8.71. The highest BCUT2D eigenvalue weighted by atomic mass is 16.5. The second kappa shape index (κ2) is 3.48. The highest BCUT2D eigenvalue weighted by molar-refractivity contribution is 6.06. The number of nitrogens with zero attached hydrogens (tertiary/aromatic N) is 1. The Bertz CT molecular complexity index is 649. The van der Waals surface area contributed by atoms with Crippen LogP contribution >= 0.6 is 0 Å². The van der Waals surface area contributed by atoms with E-state index in [1.807, 2.05) is 0 Å². The van der Waals surface area contributed by atoms with E-state index in [0.717, 1.165) is 5.39 Å². The number of nitrogens with two attached hydrogens (primary N) is 1. The lowest BCUT2D eigenvalue weighted by Gasteiger charge is -2.14. The molecule has 2 aromatic rings. The van der Waals surface area contributed by atoms with Crippen molar-refractivity contribution in [2.75, 3.05) is 0 Å². The summed E-state index contributed by atoms with van der Waals surface area (Å²) in [5.74, 6) is 0.597. The first-order valence-electron chi connectivity index (χ1n) is 4.97. The third-order valence-corrected chi connectivity index (χ3v) is 2.53. The Balaban J connectivity index is 2.36. The van der Waals surface area contributed by atoms with Crippen LogP contribution in [0.4, 0.5) is 0 Å². The fraction of sp³-hybridized carbons (Fsp3) is 0. The van der Waals surface area contributed by atoms with Crippen molar-refractivity contribution in [3.63, 3.8) is 0 Å². The van der Waals surface area contributed by atoms with E-state index in [2.05, 4.69) is 4.98 Å². The Labute approximate surface area is 96.5 Å². The molecule has 0 aliphatic carbocycles. The number of hydrogen-bond donors (Lipinski definition) is 1. The molecule has 0 atom stereocenters. The molecule has 17 heavy (non-hydrogen) atoms. The van der Waals surface area contributed by atoms with Gasteiger partial charge in [0, 0.05) is 17.0 Å². The molecule has 1 aromatic carbocycles. The van der Waals surface area contributed by atoms with E-state index in [4.69, 9.17) is 15.2 Å². The molecule has 0 bridgehead atoms.